The second kappa shape index (κ2) is 9.31. The molecule has 1 aromatic carbocycles. The Labute approximate surface area is 190 Å². The summed E-state index contributed by atoms with van der Waals surface area (Å²) >= 11 is 3.44. The van der Waals surface area contributed by atoms with Gasteiger partial charge in [-0.05, 0) is 29.3 Å². The Bertz CT molecular complexity index is 1400. The molecule has 0 saturated carbocycles. The molecule has 0 N–H and O–H groups in total. The summed E-state index contributed by atoms with van der Waals surface area (Å²) in [6, 6.07) is 7.56. The van der Waals surface area contributed by atoms with Gasteiger partial charge < -0.3 is 4.57 Å². The van der Waals surface area contributed by atoms with Crippen molar-refractivity contribution in [3.63, 3.8) is 0 Å². The molecule has 0 aliphatic rings. The van der Waals surface area contributed by atoms with Crippen LogP contribution in [0.1, 0.15) is 11.4 Å². The van der Waals surface area contributed by atoms with Crippen LogP contribution in [0.15, 0.2) is 74.8 Å². The van der Waals surface area contributed by atoms with E-state index in [2.05, 4.69) is 39.0 Å². The lowest BCUT2D eigenvalue weighted by Crippen LogP contribution is -2.37. The Kier molecular flexibility index (Phi) is 6.73. The van der Waals surface area contributed by atoms with Gasteiger partial charge in [-0.25, -0.2) is 19.5 Å². The first-order valence-corrected chi connectivity index (χ1v) is 10.2. The molecule has 0 aliphatic carbocycles. The zero-order chi connectivity index (χ0) is 23.6. The molecule has 0 amide bonds. The third-order valence-electron chi connectivity index (χ3n) is 4.97. The zero-order valence-corrected chi connectivity index (χ0v) is 19.1. The van der Waals surface area contributed by atoms with Gasteiger partial charge in [-0.2, -0.15) is 0 Å². The maximum Gasteiger partial charge on any atom is 0.378 e. The molecule has 8 nitrogen and oxygen atoms in total. The Morgan fingerprint density at radius 2 is 2.00 bits per heavy atom. The average Bonchev–Trinajstić information content (AvgIpc) is 3.12. The highest BCUT2D eigenvalue weighted by atomic mass is 79.9. The number of hydrogen-bond acceptors (Lipinski definition) is 5. The standard InChI is InChI=1S/C22H20BrFN4O4/c1-5-14(9-13(2)21(30)32-24)11-17-25-19-18(20(29)27(4)22(31)26(19)3)28(17)12-15-7-6-8-16(23)10-15/h5-10H,1-2,11-12H2,3-4H3/b14-9+. The molecule has 2 heterocycles. The minimum atomic E-state index is -1.22. The molecule has 0 bridgehead atoms. The maximum absolute atomic E-state index is 13.0. The van der Waals surface area contributed by atoms with Crippen LogP contribution in [-0.4, -0.2) is 24.7 Å². The lowest BCUT2D eigenvalue weighted by molar-refractivity contribution is -0.177. The summed E-state index contributed by atoms with van der Waals surface area (Å²) in [6.07, 6.45) is 2.94. The van der Waals surface area contributed by atoms with Crippen LogP contribution in [-0.2, 0) is 36.8 Å². The van der Waals surface area contributed by atoms with Crippen molar-refractivity contribution in [2.75, 3.05) is 0 Å². The molecule has 0 atom stereocenters. The summed E-state index contributed by atoms with van der Waals surface area (Å²) in [4.78, 5) is 44.5. The van der Waals surface area contributed by atoms with Crippen LogP contribution in [0.25, 0.3) is 11.2 Å². The van der Waals surface area contributed by atoms with Crippen LogP contribution in [0.3, 0.4) is 0 Å². The van der Waals surface area contributed by atoms with Crippen molar-refractivity contribution >= 4 is 33.1 Å². The molecule has 32 heavy (non-hydrogen) atoms. The Morgan fingerprint density at radius 1 is 1.28 bits per heavy atom. The summed E-state index contributed by atoms with van der Waals surface area (Å²) in [7, 11) is 2.94. The number of carbonyl (C=O) groups excluding carboxylic acids is 1. The summed E-state index contributed by atoms with van der Waals surface area (Å²) in [5, 5.41) is 0. The number of aromatic nitrogens is 4. The molecule has 3 aromatic rings. The number of allylic oxidation sites excluding steroid dienone is 2. The van der Waals surface area contributed by atoms with Gasteiger partial charge in [0.2, 0.25) is 0 Å². The number of nitrogens with zero attached hydrogens (tertiary/aromatic N) is 4. The SMILES string of the molecule is C=C/C(=C\C(=C)C(=O)OF)Cc1nc2c(c(=O)n(C)c(=O)n2C)n1Cc1cccc(Br)c1. The highest BCUT2D eigenvalue weighted by Crippen LogP contribution is 2.20. The van der Waals surface area contributed by atoms with Gasteiger partial charge in [0.15, 0.2) is 11.2 Å². The molecular formula is C22H20BrFN4O4. The smallest absolute Gasteiger partial charge is 0.317 e. The van der Waals surface area contributed by atoms with Crippen molar-refractivity contribution < 1.29 is 14.3 Å². The molecule has 2 aromatic heterocycles. The van der Waals surface area contributed by atoms with E-state index in [9.17, 15) is 18.9 Å². The molecule has 0 fully saturated rings. The number of hydrogen-bond donors (Lipinski definition) is 0. The Hall–Kier alpha value is -3.53. The van der Waals surface area contributed by atoms with Crippen molar-refractivity contribution in [3.8, 4) is 0 Å². The predicted octanol–water partition coefficient (Wildman–Crippen LogP) is 2.88. The Balaban J connectivity index is 2.22. The van der Waals surface area contributed by atoms with Crippen molar-refractivity contribution in [1.29, 1.82) is 0 Å². The van der Waals surface area contributed by atoms with E-state index in [1.165, 1.54) is 30.8 Å². The fourth-order valence-electron chi connectivity index (χ4n) is 3.31. The van der Waals surface area contributed by atoms with E-state index in [0.717, 1.165) is 14.6 Å². The third kappa shape index (κ3) is 4.40. The van der Waals surface area contributed by atoms with Crippen LogP contribution < -0.4 is 11.2 Å². The van der Waals surface area contributed by atoms with Crippen LogP contribution in [0.2, 0.25) is 0 Å². The fraction of sp³-hybridized carbons (Fsp3) is 0.182. The van der Waals surface area contributed by atoms with Crippen LogP contribution >= 0.6 is 15.9 Å². The van der Waals surface area contributed by atoms with Crippen LogP contribution in [0.5, 0.6) is 0 Å². The van der Waals surface area contributed by atoms with Crippen LogP contribution in [0, 0.1) is 0 Å². The summed E-state index contributed by atoms with van der Waals surface area (Å²) in [5.41, 5.74) is 0.688. The van der Waals surface area contributed by atoms with Crippen LogP contribution in [0.4, 0.5) is 4.53 Å². The minimum Gasteiger partial charge on any atom is -0.317 e. The van der Waals surface area contributed by atoms with Gasteiger partial charge in [0.1, 0.15) is 5.82 Å². The number of carbonyl (C=O) groups is 1. The largest absolute Gasteiger partial charge is 0.378 e. The number of imidazole rings is 1. The average molecular weight is 503 g/mol. The van der Waals surface area contributed by atoms with Gasteiger partial charge in [0.25, 0.3) is 5.56 Å². The highest BCUT2D eigenvalue weighted by Gasteiger charge is 2.20. The normalized spacial score (nSPS) is 11.6. The van der Waals surface area contributed by atoms with E-state index in [0.29, 0.717) is 17.9 Å². The second-order valence-corrected chi connectivity index (χ2v) is 8.03. The van der Waals surface area contributed by atoms with E-state index in [4.69, 9.17) is 0 Å². The van der Waals surface area contributed by atoms with E-state index in [-0.39, 0.29) is 23.2 Å². The first-order chi connectivity index (χ1) is 15.2. The monoisotopic (exact) mass is 502 g/mol. The fourth-order valence-corrected chi connectivity index (χ4v) is 3.76. The first kappa shape index (κ1) is 23.1. The van der Waals surface area contributed by atoms with E-state index < -0.39 is 17.2 Å². The van der Waals surface area contributed by atoms with Gasteiger partial charge in [0, 0.05) is 36.1 Å². The summed E-state index contributed by atoms with van der Waals surface area (Å²) < 4.78 is 17.1. The number of benzene rings is 1. The number of aryl methyl sites for hydroxylation is 1. The van der Waals surface area contributed by atoms with E-state index in [1.807, 2.05) is 24.3 Å². The topological polar surface area (TPSA) is 88.1 Å². The van der Waals surface area contributed by atoms with Crippen molar-refractivity contribution in [3.05, 3.63) is 97.4 Å². The van der Waals surface area contributed by atoms with Crippen molar-refractivity contribution in [1.82, 2.24) is 18.7 Å². The maximum atomic E-state index is 13.0. The molecule has 0 unspecified atom stereocenters. The summed E-state index contributed by atoms with van der Waals surface area (Å²) in [6.45, 7) is 7.50. The molecule has 3 rings (SSSR count). The lowest BCUT2D eigenvalue weighted by Gasteiger charge is -2.11. The molecule has 0 aliphatic heterocycles. The van der Waals surface area contributed by atoms with Gasteiger partial charge in [-0.3, -0.25) is 13.9 Å². The first-order valence-electron chi connectivity index (χ1n) is 9.42. The quantitative estimate of drug-likeness (QED) is 0.366. The molecule has 0 saturated heterocycles. The van der Waals surface area contributed by atoms with E-state index in [1.54, 1.807) is 4.57 Å². The van der Waals surface area contributed by atoms with Crippen molar-refractivity contribution in [2.24, 2.45) is 14.1 Å². The number of halogens is 2. The lowest BCUT2D eigenvalue weighted by atomic mass is 10.1. The third-order valence-corrected chi connectivity index (χ3v) is 5.47. The predicted molar refractivity (Wildman–Crippen MR) is 122 cm³/mol. The van der Waals surface area contributed by atoms with Gasteiger partial charge in [-0.1, -0.05) is 47.3 Å². The molecular weight excluding hydrogens is 483 g/mol. The second-order valence-electron chi connectivity index (χ2n) is 7.11. The number of rotatable bonds is 7. The van der Waals surface area contributed by atoms with Gasteiger partial charge >= 0.3 is 11.7 Å². The molecule has 166 valence electrons. The molecule has 10 heteroatoms. The molecule has 0 radical (unpaired) electrons. The zero-order valence-electron chi connectivity index (χ0n) is 17.5. The van der Waals surface area contributed by atoms with Gasteiger partial charge in [0.05, 0.1) is 5.57 Å². The van der Waals surface area contributed by atoms with Gasteiger partial charge in [-0.15, -0.1) is 0 Å². The highest BCUT2D eigenvalue weighted by molar-refractivity contribution is 9.10. The summed E-state index contributed by atoms with van der Waals surface area (Å²) in [5.74, 6) is -0.769. The minimum absolute atomic E-state index is 0.141. The van der Waals surface area contributed by atoms with E-state index >= 15 is 0 Å². The van der Waals surface area contributed by atoms with Crippen molar-refractivity contribution in [2.45, 2.75) is 13.0 Å². The molecule has 0 spiro atoms. The number of fused-ring (bicyclic) bond motifs is 1. The Morgan fingerprint density at radius 3 is 2.62 bits per heavy atom.